The first kappa shape index (κ1) is 11.9. The predicted octanol–water partition coefficient (Wildman–Crippen LogP) is -0.615. The molecule has 1 atom stereocenters. The van der Waals surface area contributed by atoms with E-state index in [2.05, 4.69) is 19.2 Å². The van der Waals surface area contributed by atoms with E-state index in [9.17, 15) is 9.59 Å². The Hall–Kier alpha value is -1.10. The van der Waals surface area contributed by atoms with Gasteiger partial charge >= 0.3 is 11.8 Å². The average molecular weight is 187 g/mol. The van der Waals surface area contributed by atoms with E-state index >= 15 is 0 Å². The van der Waals surface area contributed by atoms with Gasteiger partial charge in [0.05, 0.1) is 0 Å². The minimum Gasteiger partial charge on any atom is -0.348 e. The van der Waals surface area contributed by atoms with Crippen LogP contribution < -0.4 is 16.6 Å². The van der Waals surface area contributed by atoms with Gasteiger partial charge in [0.2, 0.25) is 0 Å². The second kappa shape index (κ2) is 5.53. The summed E-state index contributed by atoms with van der Waals surface area (Å²) in [6.45, 7) is 6.61. The zero-order valence-electron chi connectivity index (χ0n) is 8.26. The van der Waals surface area contributed by atoms with Crippen molar-refractivity contribution >= 4 is 11.8 Å². The van der Waals surface area contributed by atoms with Crippen LogP contribution >= 0.6 is 0 Å². The monoisotopic (exact) mass is 187 g/mol. The number of hydrogen-bond donors (Lipinski definition) is 3. The van der Waals surface area contributed by atoms with Crippen LogP contribution in [0.3, 0.4) is 0 Å². The topological polar surface area (TPSA) is 84.2 Å². The van der Waals surface area contributed by atoms with Crippen molar-refractivity contribution in [1.82, 2.24) is 10.7 Å². The first-order chi connectivity index (χ1) is 5.99. The lowest BCUT2D eigenvalue weighted by molar-refractivity contribution is -0.139. The van der Waals surface area contributed by atoms with Gasteiger partial charge in [0.1, 0.15) is 0 Å². The van der Waals surface area contributed by atoms with Crippen LogP contribution in [0.4, 0.5) is 0 Å². The highest BCUT2D eigenvalue weighted by molar-refractivity contribution is 6.34. The molecule has 5 nitrogen and oxygen atoms in total. The zero-order chi connectivity index (χ0) is 10.4. The third-order valence-electron chi connectivity index (χ3n) is 2.06. The molecular weight excluding hydrogens is 170 g/mol. The van der Waals surface area contributed by atoms with Gasteiger partial charge in [0.15, 0.2) is 0 Å². The second-order valence-electron chi connectivity index (χ2n) is 3.40. The summed E-state index contributed by atoms with van der Waals surface area (Å²) in [5.41, 5.74) is 1.77. The largest absolute Gasteiger partial charge is 0.348 e. The summed E-state index contributed by atoms with van der Waals surface area (Å²) in [4.78, 5) is 21.5. The SMILES string of the molecule is CC(C)C(C)CNC(=O)C(=O)NN. The summed E-state index contributed by atoms with van der Waals surface area (Å²) in [5, 5.41) is 2.48. The van der Waals surface area contributed by atoms with Crippen LogP contribution in [-0.4, -0.2) is 18.4 Å². The van der Waals surface area contributed by atoms with Crippen LogP contribution in [0.15, 0.2) is 0 Å². The van der Waals surface area contributed by atoms with Crippen LogP contribution in [0.1, 0.15) is 20.8 Å². The number of nitrogens with two attached hydrogens (primary N) is 1. The van der Waals surface area contributed by atoms with Gasteiger partial charge in [0, 0.05) is 6.54 Å². The molecule has 5 heteroatoms. The van der Waals surface area contributed by atoms with Gasteiger partial charge in [0.25, 0.3) is 0 Å². The summed E-state index contributed by atoms with van der Waals surface area (Å²) in [6.07, 6.45) is 0. The molecule has 4 N–H and O–H groups in total. The standard InChI is InChI=1S/C8H17N3O2/c1-5(2)6(3)4-10-7(12)8(13)11-9/h5-6H,4,9H2,1-3H3,(H,10,12)(H,11,13). The lowest BCUT2D eigenvalue weighted by Gasteiger charge is -2.15. The van der Waals surface area contributed by atoms with Crippen molar-refractivity contribution in [2.24, 2.45) is 17.7 Å². The fourth-order valence-corrected chi connectivity index (χ4v) is 0.635. The van der Waals surface area contributed by atoms with E-state index in [-0.39, 0.29) is 0 Å². The lowest BCUT2D eigenvalue weighted by atomic mass is 9.98. The molecule has 0 saturated carbocycles. The summed E-state index contributed by atoms with van der Waals surface area (Å²) >= 11 is 0. The maximum atomic E-state index is 10.9. The Morgan fingerprint density at radius 1 is 1.23 bits per heavy atom. The Morgan fingerprint density at radius 3 is 2.15 bits per heavy atom. The molecule has 0 rings (SSSR count). The van der Waals surface area contributed by atoms with Crippen LogP contribution in [0.25, 0.3) is 0 Å². The third-order valence-corrected chi connectivity index (χ3v) is 2.06. The van der Waals surface area contributed by atoms with Crippen molar-refractivity contribution in [3.63, 3.8) is 0 Å². The number of hydrogen-bond acceptors (Lipinski definition) is 3. The molecule has 0 aromatic carbocycles. The molecule has 0 spiro atoms. The molecule has 13 heavy (non-hydrogen) atoms. The fraction of sp³-hybridized carbons (Fsp3) is 0.750. The van der Waals surface area contributed by atoms with Crippen molar-refractivity contribution in [2.45, 2.75) is 20.8 Å². The van der Waals surface area contributed by atoms with Gasteiger partial charge in [-0.15, -0.1) is 0 Å². The Morgan fingerprint density at radius 2 is 1.77 bits per heavy atom. The Bertz CT molecular complexity index is 192. The number of nitrogens with one attached hydrogen (secondary N) is 2. The summed E-state index contributed by atoms with van der Waals surface area (Å²) in [6, 6.07) is 0. The van der Waals surface area contributed by atoms with E-state index in [0.29, 0.717) is 18.4 Å². The van der Waals surface area contributed by atoms with Gasteiger partial charge in [-0.1, -0.05) is 20.8 Å². The quantitative estimate of drug-likeness (QED) is 0.238. The predicted molar refractivity (Wildman–Crippen MR) is 49.3 cm³/mol. The van der Waals surface area contributed by atoms with Crippen molar-refractivity contribution in [3.8, 4) is 0 Å². The molecule has 0 heterocycles. The Labute approximate surface area is 78.0 Å². The normalized spacial score (nSPS) is 12.4. The van der Waals surface area contributed by atoms with Crippen LogP contribution in [0, 0.1) is 11.8 Å². The van der Waals surface area contributed by atoms with Crippen molar-refractivity contribution in [2.75, 3.05) is 6.54 Å². The molecule has 0 radical (unpaired) electrons. The summed E-state index contributed by atoms with van der Waals surface area (Å²) in [5.74, 6) is 4.10. The van der Waals surface area contributed by atoms with Gasteiger partial charge in [-0.25, -0.2) is 5.84 Å². The first-order valence-corrected chi connectivity index (χ1v) is 4.27. The van der Waals surface area contributed by atoms with Gasteiger partial charge in [-0.2, -0.15) is 0 Å². The van der Waals surface area contributed by atoms with Crippen LogP contribution in [-0.2, 0) is 9.59 Å². The van der Waals surface area contributed by atoms with Crippen LogP contribution in [0.5, 0.6) is 0 Å². The maximum Gasteiger partial charge on any atom is 0.323 e. The van der Waals surface area contributed by atoms with Crippen LogP contribution in [0.2, 0.25) is 0 Å². The summed E-state index contributed by atoms with van der Waals surface area (Å²) < 4.78 is 0. The van der Waals surface area contributed by atoms with E-state index in [1.54, 1.807) is 5.43 Å². The first-order valence-electron chi connectivity index (χ1n) is 4.27. The maximum absolute atomic E-state index is 10.9. The fourth-order valence-electron chi connectivity index (χ4n) is 0.635. The number of carbonyl (C=O) groups is 2. The molecule has 1 unspecified atom stereocenters. The third kappa shape index (κ3) is 4.47. The minimum atomic E-state index is -0.809. The Kier molecular flexibility index (Phi) is 5.06. The van der Waals surface area contributed by atoms with Crippen molar-refractivity contribution in [3.05, 3.63) is 0 Å². The zero-order valence-corrected chi connectivity index (χ0v) is 8.26. The van der Waals surface area contributed by atoms with Crippen molar-refractivity contribution in [1.29, 1.82) is 0 Å². The molecule has 0 aliphatic rings. The Balaban J connectivity index is 3.76. The van der Waals surface area contributed by atoms with Gasteiger partial charge in [-0.05, 0) is 11.8 Å². The number of hydrazine groups is 1. The number of amides is 2. The smallest absolute Gasteiger partial charge is 0.323 e. The molecule has 0 aromatic heterocycles. The minimum absolute atomic E-state index is 0.342. The molecule has 0 aliphatic carbocycles. The molecule has 2 amide bonds. The van der Waals surface area contributed by atoms with Gasteiger partial charge < -0.3 is 5.32 Å². The molecular formula is C8H17N3O2. The lowest BCUT2D eigenvalue weighted by Crippen LogP contribution is -2.44. The highest BCUT2D eigenvalue weighted by Gasteiger charge is 2.13. The van der Waals surface area contributed by atoms with E-state index in [1.165, 1.54) is 0 Å². The van der Waals surface area contributed by atoms with E-state index < -0.39 is 11.8 Å². The molecule has 0 fully saturated rings. The summed E-state index contributed by atoms with van der Waals surface area (Å²) in [7, 11) is 0. The van der Waals surface area contributed by atoms with E-state index in [1.807, 2.05) is 6.92 Å². The highest BCUT2D eigenvalue weighted by atomic mass is 16.2. The van der Waals surface area contributed by atoms with E-state index in [4.69, 9.17) is 5.84 Å². The van der Waals surface area contributed by atoms with Crippen molar-refractivity contribution < 1.29 is 9.59 Å². The van der Waals surface area contributed by atoms with E-state index in [0.717, 1.165) is 0 Å². The second-order valence-corrected chi connectivity index (χ2v) is 3.40. The molecule has 0 bridgehead atoms. The average Bonchev–Trinajstić information content (AvgIpc) is 2.11. The number of carbonyl (C=O) groups excluding carboxylic acids is 2. The number of rotatable bonds is 3. The van der Waals surface area contributed by atoms with Gasteiger partial charge in [-0.3, -0.25) is 15.0 Å². The highest BCUT2D eigenvalue weighted by Crippen LogP contribution is 2.07. The molecule has 0 saturated heterocycles. The molecule has 76 valence electrons. The molecule has 0 aliphatic heterocycles. The molecule has 0 aromatic rings.